The predicted molar refractivity (Wildman–Crippen MR) is 117 cm³/mol. The van der Waals surface area contributed by atoms with Gasteiger partial charge in [0.05, 0.1) is 0 Å². The fraction of sp³-hybridized carbons (Fsp3) is 0.455. The van der Waals surface area contributed by atoms with E-state index in [4.69, 9.17) is 5.11 Å². The highest BCUT2D eigenvalue weighted by molar-refractivity contribution is 5.96. The van der Waals surface area contributed by atoms with Crippen LogP contribution in [0, 0.1) is 0 Å². The normalized spacial score (nSPS) is 17.6. The molecular weight excluding hydrogens is 448 g/mol. The Labute approximate surface area is 195 Å². The van der Waals surface area contributed by atoms with Crippen molar-refractivity contribution in [3.05, 3.63) is 35.9 Å². The Kier molecular flexibility index (Phi) is 9.53. The Morgan fingerprint density at radius 3 is 2.24 bits per heavy atom. The van der Waals surface area contributed by atoms with Gasteiger partial charge < -0.3 is 31.5 Å². The zero-order valence-corrected chi connectivity index (χ0v) is 18.6. The van der Waals surface area contributed by atoms with E-state index in [-0.39, 0.29) is 31.6 Å². The van der Waals surface area contributed by atoms with Crippen LogP contribution >= 0.6 is 0 Å². The van der Waals surface area contributed by atoms with Gasteiger partial charge in [0.1, 0.15) is 24.2 Å². The monoisotopic (exact) mass is 476 g/mol. The van der Waals surface area contributed by atoms with Crippen LogP contribution < -0.4 is 21.3 Å². The van der Waals surface area contributed by atoms with Crippen molar-refractivity contribution in [2.45, 2.75) is 63.2 Å². The molecular formula is C22H28N4O8. The quantitative estimate of drug-likeness (QED) is 0.220. The molecule has 4 amide bonds. The molecule has 0 unspecified atom stereocenters. The van der Waals surface area contributed by atoms with Crippen molar-refractivity contribution < 1.29 is 39.0 Å². The van der Waals surface area contributed by atoms with Crippen LogP contribution in [-0.2, 0) is 35.2 Å². The van der Waals surface area contributed by atoms with Gasteiger partial charge in [-0.2, -0.15) is 0 Å². The van der Waals surface area contributed by atoms with Crippen molar-refractivity contribution in [2.24, 2.45) is 0 Å². The molecule has 1 aliphatic heterocycles. The van der Waals surface area contributed by atoms with Crippen LogP contribution in [0.15, 0.2) is 30.3 Å². The minimum absolute atomic E-state index is 0.0347. The summed E-state index contributed by atoms with van der Waals surface area (Å²) in [7, 11) is 0. The highest BCUT2D eigenvalue weighted by Crippen LogP contribution is 2.08. The molecule has 0 spiro atoms. The Morgan fingerprint density at radius 1 is 1.00 bits per heavy atom. The first-order chi connectivity index (χ1) is 16.1. The average molecular weight is 476 g/mol. The summed E-state index contributed by atoms with van der Waals surface area (Å²) in [5, 5.41) is 28.0. The smallest absolute Gasteiger partial charge is 0.326 e. The first-order valence-electron chi connectivity index (χ1n) is 10.8. The molecule has 12 heteroatoms. The van der Waals surface area contributed by atoms with Gasteiger partial charge >= 0.3 is 11.9 Å². The lowest BCUT2D eigenvalue weighted by Crippen LogP contribution is -2.56. The van der Waals surface area contributed by atoms with E-state index in [1.807, 2.05) is 0 Å². The van der Waals surface area contributed by atoms with Gasteiger partial charge in [-0.05, 0) is 25.3 Å². The molecule has 1 aliphatic rings. The van der Waals surface area contributed by atoms with Gasteiger partial charge in [-0.15, -0.1) is 0 Å². The maximum Gasteiger partial charge on any atom is 0.326 e. The lowest BCUT2D eigenvalue weighted by atomic mass is 10.1. The van der Waals surface area contributed by atoms with Crippen molar-refractivity contribution in [3.8, 4) is 0 Å². The van der Waals surface area contributed by atoms with Crippen LogP contribution in [0.2, 0.25) is 0 Å². The number of carboxylic acid groups (broad SMARTS) is 2. The number of carbonyl (C=O) groups is 6. The number of carboxylic acids is 2. The Balaban J connectivity index is 1.98. The third-order valence-corrected chi connectivity index (χ3v) is 5.24. The fourth-order valence-electron chi connectivity index (χ4n) is 3.35. The van der Waals surface area contributed by atoms with E-state index >= 15 is 0 Å². The number of hydrogen-bond acceptors (Lipinski definition) is 6. The van der Waals surface area contributed by atoms with Crippen LogP contribution in [0.5, 0.6) is 0 Å². The summed E-state index contributed by atoms with van der Waals surface area (Å²) >= 11 is 0. The van der Waals surface area contributed by atoms with Crippen molar-refractivity contribution in [1.82, 2.24) is 21.3 Å². The number of hydrogen-bond donors (Lipinski definition) is 6. The average Bonchev–Trinajstić information content (AvgIpc) is 3.22. The lowest BCUT2D eigenvalue weighted by molar-refractivity contribution is -0.142. The summed E-state index contributed by atoms with van der Waals surface area (Å²) in [5.41, 5.74) is 0.697. The largest absolute Gasteiger partial charge is 0.481 e. The molecule has 1 saturated heterocycles. The van der Waals surface area contributed by atoms with Crippen LogP contribution in [0.25, 0.3) is 0 Å². The molecule has 34 heavy (non-hydrogen) atoms. The van der Waals surface area contributed by atoms with Gasteiger partial charge in [-0.25, -0.2) is 4.79 Å². The highest BCUT2D eigenvalue weighted by Gasteiger charge is 2.32. The molecule has 1 aromatic carbocycles. The molecule has 1 fully saturated rings. The number of carbonyl (C=O) groups excluding carboxylic acids is 4. The van der Waals surface area contributed by atoms with Crippen molar-refractivity contribution in [3.63, 3.8) is 0 Å². The molecule has 0 radical (unpaired) electrons. The molecule has 6 N–H and O–H groups in total. The molecule has 12 nitrogen and oxygen atoms in total. The van der Waals surface area contributed by atoms with Crippen LogP contribution in [0.3, 0.4) is 0 Å². The van der Waals surface area contributed by atoms with E-state index < -0.39 is 60.2 Å². The van der Waals surface area contributed by atoms with Crippen LogP contribution in [0.1, 0.15) is 38.2 Å². The third kappa shape index (κ3) is 8.19. The van der Waals surface area contributed by atoms with E-state index in [9.17, 15) is 33.9 Å². The molecule has 184 valence electrons. The molecule has 4 atom stereocenters. The van der Waals surface area contributed by atoms with E-state index in [0.717, 1.165) is 0 Å². The molecule has 0 aliphatic carbocycles. The summed E-state index contributed by atoms with van der Waals surface area (Å²) in [6.07, 6.45) is -0.224. The zero-order valence-electron chi connectivity index (χ0n) is 18.6. The number of rotatable bonds is 12. The topological polar surface area (TPSA) is 191 Å². The minimum Gasteiger partial charge on any atom is -0.481 e. The fourth-order valence-corrected chi connectivity index (χ4v) is 3.35. The predicted octanol–water partition coefficient (Wildman–Crippen LogP) is -1.07. The molecule has 0 saturated carbocycles. The van der Waals surface area contributed by atoms with Gasteiger partial charge in [0.25, 0.3) is 0 Å². The Morgan fingerprint density at radius 2 is 1.68 bits per heavy atom. The van der Waals surface area contributed by atoms with E-state index in [0.29, 0.717) is 5.56 Å². The van der Waals surface area contributed by atoms with Crippen molar-refractivity contribution >= 4 is 35.6 Å². The summed E-state index contributed by atoms with van der Waals surface area (Å²) < 4.78 is 0. The van der Waals surface area contributed by atoms with Crippen molar-refractivity contribution in [1.29, 1.82) is 0 Å². The maximum atomic E-state index is 12.7. The molecule has 1 heterocycles. The lowest BCUT2D eigenvalue weighted by Gasteiger charge is -2.23. The van der Waals surface area contributed by atoms with Crippen LogP contribution in [0.4, 0.5) is 0 Å². The number of benzene rings is 1. The third-order valence-electron chi connectivity index (χ3n) is 5.24. The van der Waals surface area contributed by atoms with Crippen molar-refractivity contribution in [2.75, 3.05) is 0 Å². The Hall–Kier alpha value is -3.96. The summed E-state index contributed by atoms with van der Waals surface area (Å²) in [4.78, 5) is 71.4. The SMILES string of the molecule is C[C@H](NC(=O)[C@H](CCC(=O)O)NC(=O)[C@@H]1CCC(=O)N1)C(=O)N[C@@H](Cc1ccccc1)C(=O)O. The second kappa shape index (κ2) is 12.3. The number of amides is 4. The van der Waals surface area contributed by atoms with Gasteiger partial charge in [-0.3, -0.25) is 24.0 Å². The second-order valence-electron chi connectivity index (χ2n) is 7.97. The molecule has 0 bridgehead atoms. The molecule has 1 aromatic rings. The Bertz CT molecular complexity index is 936. The van der Waals surface area contributed by atoms with E-state index in [2.05, 4.69) is 21.3 Å². The van der Waals surface area contributed by atoms with E-state index in [1.165, 1.54) is 6.92 Å². The van der Waals surface area contributed by atoms with Gasteiger partial charge in [-0.1, -0.05) is 30.3 Å². The number of aliphatic carboxylic acids is 2. The minimum atomic E-state index is -1.27. The zero-order chi connectivity index (χ0) is 25.3. The standard InChI is InChI=1S/C22H28N4O8/c1-12(19(30)26-16(22(33)34)11-13-5-3-2-4-6-13)23-20(31)15(8-10-18(28)29)25-21(32)14-7-9-17(27)24-14/h2-6,12,14-16H,7-11H2,1H3,(H,23,31)(H,24,27)(H,25,32)(H,26,30)(H,28,29)(H,33,34)/t12-,14-,15-,16-/m0/s1. The summed E-state index contributed by atoms with van der Waals surface area (Å²) in [5.74, 6) is -4.94. The first kappa shape index (κ1) is 26.3. The van der Waals surface area contributed by atoms with E-state index in [1.54, 1.807) is 30.3 Å². The van der Waals surface area contributed by atoms with Gasteiger partial charge in [0.2, 0.25) is 23.6 Å². The molecule has 2 rings (SSSR count). The van der Waals surface area contributed by atoms with Gasteiger partial charge in [0.15, 0.2) is 0 Å². The first-order valence-corrected chi connectivity index (χ1v) is 10.8. The molecule has 0 aromatic heterocycles. The number of nitrogens with one attached hydrogen (secondary N) is 4. The highest BCUT2D eigenvalue weighted by atomic mass is 16.4. The van der Waals surface area contributed by atoms with Gasteiger partial charge in [0, 0.05) is 19.3 Å². The van der Waals surface area contributed by atoms with Crippen LogP contribution in [-0.4, -0.2) is 69.9 Å². The summed E-state index contributed by atoms with van der Waals surface area (Å²) in [6.45, 7) is 1.34. The maximum absolute atomic E-state index is 12.7. The second-order valence-corrected chi connectivity index (χ2v) is 7.97. The summed E-state index contributed by atoms with van der Waals surface area (Å²) in [6, 6.07) is 4.19.